The van der Waals surface area contributed by atoms with E-state index < -0.39 is 4.92 Å². The van der Waals surface area contributed by atoms with Crippen molar-refractivity contribution in [2.24, 2.45) is 5.92 Å². The van der Waals surface area contributed by atoms with Gasteiger partial charge in [-0.05, 0) is 18.8 Å². The van der Waals surface area contributed by atoms with Crippen molar-refractivity contribution in [3.63, 3.8) is 0 Å². The second kappa shape index (κ2) is 5.69. The fourth-order valence-electron chi connectivity index (χ4n) is 2.79. The zero-order chi connectivity index (χ0) is 14.0. The van der Waals surface area contributed by atoms with Crippen LogP contribution in [0, 0.1) is 16.0 Å². The van der Waals surface area contributed by atoms with Crippen LogP contribution in [-0.2, 0) is 0 Å². The Morgan fingerprint density at radius 1 is 1.42 bits per heavy atom. The summed E-state index contributed by atoms with van der Waals surface area (Å²) in [5.41, 5.74) is -0.204. The highest BCUT2D eigenvalue weighted by Crippen LogP contribution is 2.35. The third kappa shape index (κ3) is 2.78. The summed E-state index contributed by atoms with van der Waals surface area (Å²) in [6.07, 6.45) is 5.80. The summed E-state index contributed by atoms with van der Waals surface area (Å²) in [4.78, 5) is 20.3. The molecule has 1 aromatic heterocycles. The van der Waals surface area contributed by atoms with Crippen molar-refractivity contribution < 1.29 is 4.92 Å². The Hall–Kier alpha value is -1.43. The number of hydrogen-bond acceptors (Lipinski definition) is 5. The van der Waals surface area contributed by atoms with Crippen molar-refractivity contribution >= 4 is 23.1 Å². The summed E-state index contributed by atoms with van der Waals surface area (Å²) in [7, 11) is 1.85. The predicted molar refractivity (Wildman–Crippen MR) is 73.5 cm³/mol. The van der Waals surface area contributed by atoms with Gasteiger partial charge in [0.05, 0.1) is 4.92 Å². The summed E-state index contributed by atoms with van der Waals surface area (Å²) < 4.78 is 0. The predicted octanol–water partition coefficient (Wildman–Crippen LogP) is 3.05. The molecular weight excluding hydrogens is 268 g/mol. The number of anilines is 1. The number of hydrogen-bond donors (Lipinski definition) is 0. The fourth-order valence-corrected chi connectivity index (χ4v) is 2.99. The smallest absolute Gasteiger partial charge is 0.348 e. The summed E-state index contributed by atoms with van der Waals surface area (Å²) in [6, 6.07) is 0.262. The van der Waals surface area contributed by atoms with Gasteiger partial charge in [-0.25, -0.2) is 9.97 Å². The highest BCUT2D eigenvalue weighted by Gasteiger charge is 2.31. The first-order chi connectivity index (χ1) is 9.02. The molecule has 1 aromatic rings. The minimum Gasteiger partial charge on any atom is -0.351 e. The normalized spacial score (nSPS) is 23.1. The first-order valence-corrected chi connectivity index (χ1v) is 6.78. The first kappa shape index (κ1) is 14.0. The third-order valence-corrected chi connectivity index (χ3v) is 4.12. The van der Waals surface area contributed by atoms with E-state index in [4.69, 9.17) is 11.6 Å². The maximum absolute atomic E-state index is 11.1. The Kier molecular flexibility index (Phi) is 4.19. The fraction of sp³-hybridized carbons (Fsp3) is 0.667. The van der Waals surface area contributed by atoms with Gasteiger partial charge in [0.2, 0.25) is 11.0 Å². The molecule has 1 heterocycles. The molecule has 0 radical (unpaired) electrons. The number of halogens is 1. The molecule has 1 saturated carbocycles. The van der Waals surface area contributed by atoms with Crippen molar-refractivity contribution in [1.82, 2.24) is 9.97 Å². The molecule has 0 saturated heterocycles. The average molecular weight is 285 g/mol. The molecule has 104 valence electrons. The third-order valence-electron chi connectivity index (χ3n) is 3.84. The molecule has 0 N–H and O–H groups in total. The topological polar surface area (TPSA) is 72.2 Å². The van der Waals surface area contributed by atoms with E-state index in [9.17, 15) is 10.1 Å². The van der Waals surface area contributed by atoms with E-state index in [1.807, 2.05) is 11.9 Å². The molecule has 0 spiro atoms. The van der Waals surface area contributed by atoms with Gasteiger partial charge in [-0.1, -0.05) is 31.4 Å². The van der Waals surface area contributed by atoms with E-state index in [1.54, 1.807) is 0 Å². The molecule has 1 aliphatic carbocycles. The lowest BCUT2D eigenvalue weighted by atomic mass is 9.85. The summed E-state index contributed by atoms with van der Waals surface area (Å²) >= 11 is 5.82. The van der Waals surface area contributed by atoms with Crippen molar-refractivity contribution in [3.8, 4) is 0 Å². The Balaban J connectivity index is 2.35. The van der Waals surface area contributed by atoms with Crippen LogP contribution in [-0.4, -0.2) is 28.0 Å². The van der Waals surface area contributed by atoms with Gasteiger partial charge in [0.25, 0.3) is 0 Å². The molecule has 0 aromatic carbocycles. The number of rotatable bonds is 3. The van der Waals surface area contributed by atoms with Crippen molar-refractivity contribution in [3.05, 3.63) is 21.6 Å². The van der Waals surface area contributed by atoms with Crippen LogP contribution < -0.4 is 4.90 Å². The summed E-state index contributed by atoms with van der Waals surface area (Å²) in [5, 5.41) is 11.0. The largest absolute Gasteiger partial charge is 0.351 e. The molecule has 0 bridgehead atoms. The second-order valence-electron chi connectivity index (χ2n) is 5.03. The number of nitro groups is 1. The Bertz CT molecular complexity index is 483. The van der Waals surface area contributed by atoms with E-state index in [1.165, 1.54) is 12.7 Å². The van der Waals surface area contributed by atoms with Gasteiger partial charge in [0.15, 0.2) is 0 Å². The van der Waals surface area contributed by atoms with Crippen LogP contribution in [0.4, 0.5) is 11.5 Å². The first-order valence-electron chi connectivity index (χ1n) is 6.40. The van der Waals surface area contributed by atoms with Gasteiger partial charge in [-0.15, -0.1) is 0 Å². The molecule has 7 heteroatoms. The van der Waals surface area contributed by atoms with Crippen molar-refractivity contribution in [1.29, 1.82) is 0 Å². The van der Waals surface area contributed by atoms with Crippen LogP contribution in [0.2, 0.25) is 5.15 Å². The monoisotopic (exact) mass is 284 g/mol. The summed E-state index contributed by atoms with van der Waals surface area (Å²) in [5.74, 6) is 0.802. The molecule has 19 heavy (non-hydrogen) atoms. The lowest BCUT2D eigenvalue weighted by Gasteiger charge is -2.36. The van der Waals surface area contributed by atoms with E-state index in [0.29, 0.717) is 11.7 Å². The molecule has 1 fully saturated rings. The molecule has 1 aliphatic rings. The second-order valence-corrected chi connectivity index (χ2v) is 5.39. The van der Waals surface area contributed by atoms with Crippen LogP contribution in [0.3, 0.4) is 0 Å². The van der Waals surface area contributed by atoms with Crippen LogP contribution in [0.25, 0.3) is 0 Å². The van der Waals surface area contributed by atoms with Gasteiger partial charge < -0.3 is 4.90 Å². The highest BCUT2D eigenvalue weighted by molar-refractivity contribution is 6.31. The Labute approximate surface area is 117 Å². The minimum absolute atomic E-state index is 0.106. The maximum atomic E-state index is 11.1. The maximum Gasteiger partial charge on any atom is 0.348 e. The lowest BCUT2D eigenvalue weighted by molar-refractivity contribution is -0.384. The standard InChI is InChI=1S/C12H17ClN4O2/c1-8-5-3-4-6-9(8)16(2)12-10(17(18)19)11(13)14-7-15-12/h7-9H,3-6H2,1-2H3. The van der Waals surface area contributed by atoms with Crippen LogP contribution in [0.15, 0.2) is 6.33 Å². The Morgan fingerprint density at radius 2 is 2.11 bits per heavy atom. The van der Waals surface area contributed by atoms with Gasteiger partial charge in [0.1, 0.15) is 6.33 Å². The summed E-state index contributed by atoms with van der Waals surface area (Å²) in [6.45, 7) is 2.18. The van der Waals surface area contributed by atoms with Gasteiger partial charge in [-0.2, -0.15) is 0 Å². The van der Waals surface area contributed by atoms with Crippen LogP contribution in [0.1, 0.15) is 32.6 Å². The van der Waals surface area contributed by atoms with Gasteiger partial charge in [-0.3, -0.25) is 10.1 Å². The van der Waals surface area contributed by atoms with E-state index >= 15 is 0 Å². The zero-order valence-corrected chi connectivity index (χ0v) is 11.8. The zero-order valence-electron chi connectivity index (χ0n) is 11.0. The quantitative estimate of drug-likeness (QED) is 0.484. The SMILES string of the molecule is CC1CCCCC1N(C)c1ncnc(Cl)c1[N+](=O)[O-]. The van der Waals surface area contributed by atoms with Crippen molar-refractivity contribution in [2.45, 2.75) is 38.6 Å². The lowest BCUT2D eigenvalue weighted by Crippen LogP contribution is -2.39. The van der Waals surface area contributed by atoms with Crippen LogP contribution >= 0.6 is 11.6 Å². The Morgan fingerprint density at radius 3 is 2.74 bits per heavy atom. The molecule has 0 aliphatic heterocycles. The highest BCUT2D eigenvalue weighted by atomic mass is 35.5. The minimum atomic E-state index is -0.512. The molecule has 2 unspecified atom stereocenters. The molecule has 2 atom stereocenters. The van der Waals surface area contributed by atoms with Gasteiger partial charge >= 0.3 is 5.69 Å². The number of nitrogens with zero attached hydrogens (tertiary/aromatic N) is 4. The van der Waals surface area contributed by atoms with Crippen LogP contribution in [0.5, 0.6) is 0 Å². The molecular formula is C12H17ClN4O2. The van der Waals surface area contributed by atoms with Crippen molar-refractivity contribution in [2.75, 3.05) is 11.9 Å². The number of aromatic nitrogens is 2. The van der Waals surface area contributed by atoms with E-state index in [2.05, 4.69) is 16.9 Å². The average Bonchev–Trinajstić information content (AvgIpc) is 2.37. The molecule has 2 rings (SSSR count). The molecule has 6 nitrogen and oxygen atoms in total. The van der Waals surface area contributed by atoms with Gasteiger partial charge in [0, 0.05) is 13.1 Å². The van der Waals surface area contributed by atoms with E-state index in [-0.39, 0.29) is 16.9 Å². The molecule has 0 amide bonds. The van der Waals surface area contributed by atoms with E-state index in [0.717, 1.165) is 19.3 Å².